The minimum absolute atomic E-state index is 0.0807. The minimum Gasteiger partial charge on any atom is -0.360 e. The predicted molar refractivity (Wildman–Crippen MR) is 81.7 cm³/mol. The van der Waals surface area contributed by atoms with Gasteiger partial charge < -0.3 is 9.42 Å². The molecule has 3 rings (SSSR count). The van der Waals surface area contributed by atoms with Crippen molar-refractivity contribution in [1.82, 2.24) is 5.16 Å². The number of benzene rings is 1. The number of nitrogens with zero attached hydrogens (tertiary/aromatic N) is 2. The largest absolute Gasteiger partial charge is 0.360 e. The number of hydrogen-bond donors (Lipinski definition) is 0. The molecule has 110 valence electrons. The number of aromatic nitrogens is 1. The second-order valence-corrected chi connectivity index (χ2v) is 5.49. The number of anilines is 1. The molecule has 0 atom stereocenters. The number of rotatable bonds is 3. The van der Waals surface area contributed by atoms with E-state index in [2.05, 4.69) is 18.1 Å². The Hall–Kier alpha value is -2.10. The van der Waals surface area contributed by atoms with Gasteiger partial charge in [0.15, 0.2) is 5.69 Å². The summed E-state index contributed by atoms with van der Waals surface area (Å²) in [6.45, 7) is 2.09. The summed E-state index contributed by atoms with van der Waals surface area (Å²) in [5.74, 6) is 0.810. The first-order valence-electron chi connectivity index (χ1n) is 7.55. The van der Waals surface area contributed by atoms with E-state index in [1.807, 2.05) is 18.2 Å². The fourth-order valence-corrected chi connectivity index (χ4v) is 2.96. The van der Waals surface area contributed by atoms with E-state index < -0.39 is 0 Å². The molecular weight excluding hydrogens is 264 g/mol. The van der Waals surface area contributed by atoms with Crippen molar-refractivity contribution < 1.29 is 9.32 Å². The second kappa shape index (κ2) is 5.72. The summed E-state index contributed by atoms with van der Waals surface area (Å²) in [5, 5.41) is 4.03. The number of fused-ring (bicyclic) bond motifs is 1. The van der Waals surface area contributed by atoms with Gasteiger partial charge in [0.1, 0.15) is 5.76 Å². The molecule has 21 heavy (non-hydrogen) atoms. The average Bonchev–Trinajstić information content (AvgIpc) is 2.97. The Bertz CT molecular complexity index is 661. The Kier molecular flexibility index (Phi) is 3.78. The Morgan fingerprint density at radius 3 is 2.86 bits per heavy atom. The van der Waals surface area contributed by atoms with Crippen molar-refractivity contribution in [2.24, 2.45) is 0 Å². The van der Waals surface area contributed by atoms with Gasteiger partial charge in [-0.05, 0) is 37.3 Å². The molecule has 0 saturated heterocycles. The molecule has 0 bridgehead atoms. The van der Waals surface area contributed by atoms with Gasteiger partial charge in [0, 0.05) is 24.7 Å². The first-order chi connectivity index (χ1) is 10.2. The highest BCUT2D eigenvalue weighted by Gasteiger charge is 2.27. The van der Waals surface area contributed by atoms with Crippen molar-refractivity contribution in [2.45, 2.75) is 39.0 Å². The van der Waals surface area contributed by atoms with Crippen LogP contribution in [0.2, 0.25) is 0 Å². The van der Waals surface area contributed by atoms with Crippen LogP contribution in [0, 0.1) is 0 Å². The van der Waals surface area contributed by atoms with Crippen molar-refractivity contribution in [2.75, 3.05) is 11.9 Å². The highest BCUT2D eigenvalue weighted by Crippen LogP contribution is 2.27. The standard InChI is InChI=1S/C17H20N2O2/c1-3-12-8-4-6-10-14(12)19(2)17(20)16-13-9-5-7-11-15(13)21-18-16/h4,6,8,10H,3,5,7,9,11H2,1-2H3. The van der Waals surface area contributed by atoms with Gasteiger partial charge in [-0.15, -0.1) is 0 Å². The summed E-state index contributed by atoms with van der Waals surface area (Å²) in [5.41, 5.74) is 3.59. The summed E-state index contributed by atoms with van der Waals surface area (Å²) >= 11 is 0. The van der Waals surface area contributed by atoms with Crippen molar-refractivity contribution >= 4 is 11.6 Å². The molecule has 4 heteroatoms. The normalized spacial score (nSPS) is 13.8. The van der Waals surface area contributed by atoms with Crippen LogP contribution in [0.3, 0.4) is 0 Å². The van der Waals surface area contributed by atoms with Crippen LogP contribution in [0.4, 0.5) is 5.69 Å². The van der Waals surface area contributed by atoms with Gasteiger partial charge in [-0.2, -0.15) is 0 Å². The van der Waals surface area contributed by atoms with Crippen molar-refractivity contribution in [3.05, 3.63) is 46.8 Å². The van der Waals surface area contributed by atoms with Crippen LogP contribution in [-0.2, 0) is 19.3 Å². The summed E-state index contributed by atoms with van der Waals surface area (Å²) in [7, 11) is 1.81. The Morgan fingerprint density at radius 2 is 2.05 bits per heavy atom. The van der Waals surface area contributed by atoms with Gasteiger partial charge >= 0.3 is 0 Å². The highest BCUT2D eigenvalue weighted by molar-refractivity contribution is 6.05. The van der Waals surface area contributed by atoms with Gasteiger partial charge in [-0.25, -0.2) is 0 Å². The third-order valence-corrected chi connectivity index (χ3v) is 4.19. The van der Waals surface area contributed by atoms with Crippen LogP contribution in [0.15, 0.2) is 28.8 Å². The maximum Gasteiger partial charge on any atom is 0.280 e. The zero-order chi connectivity index (χ0) is 14.8. The van der Waals surface area contributed by atoms with E-state index in [1.165, 1.54) is 0 Å². The molecule has 0 fully saturated rings. The molecule has 0 saturated carbocycles. The Balaban J connectivity index is 1.93. The molecule has 1 aliphatic carbocycles. The second-order valence-electron chi connectivity index (χ2n) is 5.49. The van der Waals surface area contributed by atoms with Crippen LogP contribution in [-0.4, -0.2) is 18.1 Å². The van der Waals surface area contributed by atoms with Gasteiger partial charge in [0.05, 0.1) is 0 Å². The van der Waals surface area contributed by atoms with Crippen molar-refractivity contribution in [1.29, 1.82) is 0 Å². The van der Waals surface area contributed by atoms with Crippen LogP contribution < -0.4 is 4.90 Å². The van der Waals surface area contributed by atoms with Crippen molar-refractivity contribution in [3.8, 4) is 0 Å². The van der Waals surface area contributed by atoms with E-state index in [4.69, 9.17) is 4.52 Å². The quantitative estimate of drug-likeness (QED) is 0.868. The van der Waals surface area contributed by atoms with E-state index in [9.17, 15) is 4.79 Å². The topological polar surface area (TPSA) is 46.3 Å². The molecular formula is C17H20N2O2. The molecule has 0 spiro atoms. The van der Waals surface area contributed by atoms with Crippen molar-refractivity contribution in [3.63, 3.8) is 0 Å². The molecule has 0 radical (unpaired) electrons. The molecule has 0 unspecified atom stereocenters. The number of aryl methyl sites for hydroxylation is 2. The molecule has 2 aromatic rings. The fourth-order valence-electron chi connectivity index (χ4n) is 2.96. The number of para-hydroxylation sites is 1. The SMILES string of the molecule is CCc1ccccc1N(C)C(=O)c1noc2c1CCCC2. The smallest absolute Gasteiger partial charge is 0.280 e. The Labute approximate surface area is 124 Å². The monoisotopic (exact) mass is 284 g/mol. The summed E-state index contributed by atoms with van der Waals surface area (Å²) < 4.78 is 5.35. The summed E-state index contributed by atoms with van der Waals surface area (Å²) in [6.07, 6.45) is 4.90. The zero-order valence-corrected chi connectivity index (χ0v) is 12.6. The average molecular weight is 284 g/mol. The molecule has 1 aromatic heterocycles. The van der Waals surface area contributed by atoms with Gasteiger partial charge in [-0.3, -0.25) is 4.79 Å². The van der Waals surface area contributed by atoms with Gasteiger partial charge in [0.2, 0.25) is 0 Å². The zero-order valence-electron chi connectivity index (χ0n) is 12.6. The van der Waals surface area contributed by atoms with Crippen LogP contribution >= 0.6 is 0 Å². The molecule has 1 amide bonds. The molecule has 4 nitrogen and oxygen atoms in total. The van der Waals surface area contributed by atoms with Crippen LogP contribution in [0.25, 0.3) is 0 Å². The molecule has 1 aliphatic rings. The molecule has 0 aliphatic heterocycles. The van der Waals surface area contributed by atoms with E-state index in [1.54, 1.807) is 11.9 Å². The van der Waals surface area contributed by atoms with Gasteiger partial charge in [-0.1, -0.05) is 30.3 Å². The lowest BCUT2D eigenvalue weighted by atomic mass is 9.96. The lowest BCUT2D eigenvalue weighted by Gasteiger charge is -2.20. The van der Waals surface area contributed by atoms with E-state index in [0.29, 0.717) is 5.69 Å². The number of carbonyl (C=O) groups is 1. The summed E-state index contributed by atoms with van der Waals surface area (Å²) in [6, 6.07) is 7.98. The fraction of sp³-hybridized carbons (Fsp3) is 0.412. The molecule has 1 aromatic carbocycles. The third kappa shape index (κ3) is 2.46. The third-order valence-electron chi connectivity index (χ3n) is 4.19. The predicted octanol–water partition coefficient (Wildman–Crippen LogP) is 3.39. The van der Waals surface area contributed by atoms with Crippen LogP contribution in [0.5, 0.6) is 0 Å². The first kappa shape index (κ1) is 13.9. The Morgan fingerprint density at radius 1 is 1.29 bits per heavy atom. The molecule has 0 N–H and O–H groups in total. The maximum atomic E-state index is 12.7. The van der Waals surface area contributed by atoms with E-state index >= 15 is 0 Å². The first-order valence-corrected chi connectivity index (χ1v) is 7.55. The van der Waals surface area contributed by atoms with Gasteiger partial charge in [0.25, 0.3) is 5.91 Å². The maximum absolute atomic E-state index is 12.7. The minimum atomic E-state index is -0.0807. The summed E-state index contributed by atoms with van der Waals surface area (Å²) in [4.78, 5) is 14.4. The molecule has 1 heterocycles. The van der Waals surface area contributed by atoms with E-state index in [0.717, 1.165) is 54.7 Å². The lowest BCUT2D eigenvalue weighted by Crippen LogP contribution is -2.28. The lowest BCUT2D eigenvalue weighted by molar-refractivity contribution is 0.0983. The highest BCUT2D eigenvalue weighted by atomic mass is 16.5. The van der Waals surface area contributed by atoms with E-state index in [-0.39, 0.29) is 5.91 Å². The number of hydrogen-bond acceptors (Lipinski definition) is 3. The number of carbonyl (C=O) groups excluding carboxylic acids is 1. The van der Waals surface area contributed by atoms with Crippen LogP contribution in [0.1, 0.15) is 47.1 Å². The number of amides is 1.